The minimum Gasteiger partial charge on any atom is -0.478 e. The first kappa shape index (κ1) is 13.9. The van der Waals surface area contributed by atoms with Gasteiger partial charge in [-0.05, 0) is 31.6 Å². The lowest BCUT2D eigenvalue weighted by atomic mass is 10.2. The molecule has 0 saturated heterocycles. The first-order valence-corrected chi connectivity index (χ1v) is 5.56. The van der Waals surface area contributed by atoms with Crippen LogP contribution in [0, 0.1) is 0 Å². The lowest BCUT2D eigenvalue weighted by Gasteiger charge is -2.20. The van der Waals surface area contributed by atoms with Gasteiger partial charge in [0.25, 0.3) is 5.91 Å². The van der Waals surface area contributed by atoms with Crippen molar-refractivity contribution in [2.45, 2.75) is 19.9 Å². The Hall–Kier alpha value is -2.17. The highest BCUT2D eigenvalue weighted by atomic mass is 16.4. The highest BCUT2D eigenvalue weighted by molar-refractivity contribution is 5.92. The van der Waals surface area contributed by atoms with E-state index in [4.69, 9.17) is 5.11 Å². The van der Waals surface area contributed by atoms with Crippen LogP contribution in [0.15, 0.2) is 24.4 Å². The molecule has 0 bridgehead atoms. The van der Waals surface area contributed by atoms with E-state index in [1.165, 1.54) is 12.3 Å². The number of rotatable bonds is 4. The lowest BCUT2D eigenvalue weighted by Crippen LogP contribution is -2.33. The molecule has 0 aliphatic rings. The van der Waals surface area contributed by atoms with Crippen LogP contribution in [-0.4, -0.2) is 40.0 Å². The van der Waals surface area contributed by atoms with Gasteiger partial charge in [0.1, 0.15) is 5.69 Å². The van der Waals surface area contributed by atoms with Crippen molar-refractivity contribution in [3.63, 3.8) is 0 Å². The Morgan fingerprint density at radius 2 is 2.06 bits per heavy atom. The van der Waals surface area contributed by atoms with Crippen molar-refractivity contribution < 1.29 is 14.7 Å². The zero-order chi connectivity index (χ0) is 13.7. The molecule has 1 aromatic heterocycles. The molecule has 96 valence electrons. The van der Waals surface area contributed by atoms with Crippen LogP contribution in [0.3, 0.4) is 0 Å². The van der Waals surface area contributed by atoms with Crippen molar-refractivity contribution in [2.75, 3.05) is 7.05 Å². The molecular formula is C13H16N2O3. The van der Waals surface area contributed by atoms with Gasteiger partial charge in [-0.1, -0.05) is 6.07 Å². The average molecular weight is 248 g/mol. The molecule has 0 aliphatic heterocycles. The quantitative estimate of drug-likeness (QED) is 0.823. The number of carboxylic acids is 1. The topological polar surface area (TPSA) is 70.5 Å². The number of aliphatic carboxylic acids is 1. The zero-order valence-corrected chi connectivity index (χ0v) is 10.6. The van der Waals surface area contributed by atoms with Gasteiger partial charge in [-0.25, -0.2) is 4.79 Å². The molecule has 1 N–H and O–H groups in total. The summed E-state index contributed by atoms with van der Waals surface area (Å²) >= 11 is 0. The van der Waals surface area contributed by atoms with Crippen molar-refractivity contribution in [3.8, 4) is 0 Å². The Bertz CT molecular complexity index is 464. The standard InChI is InChI=1S/C13H16N2O3/c1-9(2)15(3)13(18)11-6-4-10(8-14-11)5-7-12(16)17/h4-9H,1-3H3,(H,16,17). The minimum atomic E-state index is -1.02. The fourth-order valence-corrected chi connectivity index (χ4v) is 1.21. The Kier molecular flexibility index (Phi) is 4.59. The van der Waals surface area contributed by atoms with Gasteiger partial charge in [0, 0.05) is 25.4 Å². The van der Waals surface area contributed by atoms with Crippen molar-refractivity contribution in [1.29, 1.82) is 0 Å². The SMILES string of the molecule is CC(C)N(C)C(=O)c1ccc(C=CC(=O)O)cn1. The van der Waals surface area contributed by atoms with Gasteiger partial charge in [-0.3, -0.25) is 9.78 Å². The molecule has 0 unspecified atom stereocenters. The fourth-order valence-electron chi connectivity index (χ4n) is 1.21. The Balaban J connectivity index is 2.83. The number of nitrogens with zero attached hydrogens (tertiary/aromatic N) is 2. The van der Waals surface area contributed by atoms with Gasteiger partial charge < -0.3 is 10.0 Å². The third-order valence-corrected chi connectivity index (χ3v) is 2.52. The molecule has 0 aliphatic carbocycles. The summed E-state index contributed by atoms with van der Waals surface area (Å²) in [4.78, 5) is 27.9. The van der Waals surface area contributed by atoms with Crippen LogP contribution in [0.2, 0.25) is 0 Å². The van der Waals surface area contributed by atoms with E-state index >= 15 is 0 Å². The van der Waals surface area contributed by atoms with E-state index in [1.807, 2.05) is 13.8 Å². The second-order valence-electron chi connectivity index (χ2n) is 4.16. The monoisotopic (exact) mass is 248 g/mol. The fraction of sp³-hybridized carbons (Fsp3) is 0.308. The number of aromatic nitrogens is 1. The predicted molar refractivity (Wildman–Crippen MR) is 68.1 cm³/mol. The Labute approximate surface area is 106 Å². The van der Waals surface area contributed by atoms with E-state index < -0.39 is 5.97 Å². The van der Waals surface area contributed by atoms with Crippen LogP contribution >= 0.6 is 0 Å². The van der Waals surface area contributed by atoms with E-state index in [-0.39, 0.29) is 11.9 Å². The maximum absolute atomic E-state index is 11.9. The van der Waals surface area contributed by atoms with E-state index in [0.717, 1.165) is 6.08 Å². The van der Waals surface area contributed by atoms with Gasteiger partial charge in [0.2, 0.25) is 0 Å². The van der Waals surface area contributed by atoms with Crippen LogP contribution in [0.1, 0.15) is 29.9 Å². The summed E-state index contributed by atoms with van der Waals surface area (Å²) in [5, 5.41) is 8.48. The molecule has 0 atom stereocenters. The molecule has 0 spiro atoms. The largest absolute Gasteiger partial charge is 0.478 e. The van der Waals surface area contributed by atoms with Crippen LogP contribution in [-0.2, 0) is 4.79 Å². The molecule has 5 heteroatoms. The number of pyridine rings is 1. The summed E-state index contributed by atoms with van der Waals surface area (Å²) in [7, 11) is 1.72. The molecule has 0 fully saturated rings. The second kappa shape index (κ2) is 5.95. The second-order valence-corrected chi connectivity index (χ2v) is 4.16. The average Bonchev–Trinajstić information content (AvgIpc) is 2.35. The van der Waals surface area contributed by atoms with Crippen molar-refractivity contribution >= 4 is 18.0 Å². The van der Waals surface area contributed by atoms with Crippen LogP contribution in [0.4, 0.5) is 0 Å². The summed E-state index contributed by atoms with van der Waals surface area (Å²) in [6.45, 7) is 3.84. The molecule has 1 aromatic rings. The number of hydrogen-bond acceptors (Lipinski definition) is 3. The van der Waals surface area contributed by atoms with E-state index in [0.29, 0.717) is 11.3 Å². The van der Waals surface area contributed by atoms with Gasteiger partial charge in [-0.15, -0.1) is 0 Å². The van der Waals surface area contributed by atoms with Crippen LogP contribution < -0.4 is 0 Å². The summed E-state index contributed by atoms with van der Waals surface area (Å²) in [6, 6.07) is 3.35. The number of hydrogen-bond donors (Lipinski definition) is 1. The molecule has 0 aromatic carbocycles. The number of carbonyl (C=O) groups excluding carboxylic acids is 1. The molecule has 1 heterocycles. The summed E-state index contributed by atoms with van der Waals surface area (Å²) < 4.78 is 0. The third kappa shape index (κ3) is 3.69. The van der Waals surface area contributed by atoms with Gasteiger partial charge in [-0.2, -0.15) is 0 Å². The molecular weight excluding hydrogens is 232 g/mol. The summed E-state index contributed by atoms with van der Waals surface area (Å²) in [6.07, 6.45) is 3.93. The summed E-state index contributed by atoms with van der Waals surface area (Å²) in [5.41, 5.74) is 0.986. The number of amides is 1. The number of carbonyl (C=O) groups is 2. The van der Waals surface area contributed by atoms with E-state index in [1.54, 1.807) is 24.1 Å². The predicted octanol–water partition coefficient (Wildman–Crippen LogP) is 1.66. The van der Waals surface area contributed by atoms with E-state index in [2.05, 4.69) is 4.98 Å². The lowest BCUT2D eigenvalue weighted by molar-refractivity contribution is -0.131. The summed E-state index contributed by atoms with van der Waals surface area (Å²) in [5.74, 6) is -1.17. The normalized spacial score (nSPS) is 10.9. The van der Waals surface area contributed by atoms with Gasteiger partial charge in [0.15, 0.2) is 0 Å². The van der Waals surface area contributed by atoms with Gasteiger partial charge >= 0.3 is 5.97 Å². The highest BCUT2D eigenvalue weighted by Crippen LogP contribution is 2.06. The molecule has 18 heavy (non-hydrogen) atoms. The maximum atomic E-state index is 11.9. The maximum Gasteiger partial charge on any atom is 0.328 e. The minimum absolute atomic E-state index is 0.103. The molecule has 1 rings (SSSR count). The first-order chi connectivity index (χ1) is 8.41. The Morgan fingerprint density at radius 3 is 2.50 bits per heavy atom. The zero-order valence-electron chi connectivity index (χ0n) is 10.6. The number of carboxylic acid groups (broad SMARTS) is 1. The Morgan fingerprint density at radius 1 is 1.39 bits per heavy atom. The highest BCUT2D eigenvalue weighted by Gasteiger charge is 2.14. The van der Waals surface area contributed by atoms with E-state index in [9.17, 15) is 9.59 Å². The van der Waals surface area contributed by atoms with Crippen molar-refractivity contribution in [2.24, 2.45) is 0 Å². The molecule has 1 amide bonds. The third-order valence-electron chi connectivity index (χ3n) is 2.52. The molecule has 5 nitrogen and oxygen atoms in total. The first-order valence-electron chi connectivity index (χ1n) is 5.56. The van der Waals surface area contributed by atoms with Crippen LogP contribution in [0.25, 0.3) is 6.08 Å². The molecule has 0 saturated carbocycles. The smallest absolute Gasteiger partial charge is 0.328 e. The molecule has 0 radical (unpaired) electrons. The van der Waals surface area contributed by atoms with Crippen molar-refractivity contribution in [1.82, 2.24) is 9.88 Å². The van der Waals surface area contributed by atoms with Crippen LogP contribution in [0.5, 0.6) is 0 Å². The van der Waals surface area contributed by atoms with Gasteiger partial charge in [0.05, 0.1) is 0 Å². The van der Waals surface area contributed by atoms with Crippen molar-refractivity contribution in [3.05, 3.63) is 35.7 Å².